The van der Waals surface area contributed by atoms with E-state index in [9.17, 15) is 9.59 Å². The summed E-state index contributed by atoms with van der Waals surface area (Å²) in [5.74, 6) is -0.692. The number of likely N-dealkylation sites (N-methyl/N-ethyl adjacent to an activating group) is 1. The number of unbranched alkanes of at least 4 members (excludes halogenated alkanes) is 1. The molecule has 0 aromatic rings. The summed E-state index contributed by atoms with van der Waals surface area (Å²) in [5, 5.41) is 14.1. The van der Waals surface area contributed by atoms with Crippen molar-refractivity contribution >= 4 is 11.8 Å². The predicted molar refractivity (Wildman–Crippen MR) is 57.9 cm³/mol. The SMILES string of the molecule is CN[C@@H](CCCCNCC(=O)O)C(C)=O. The van der Waals surface area contributed by atoms with Gasteiger partial charge in [-0.2, -0.15) is 0 Å². The Morgan fingerprint density at radius 2 is 2.00 bits per heavy atom. The van der Waals surface area contributed by atoms with Gasteiger partial charge in [-0.1, -0.05) is 6.42 Å². The number of hydrogen-bond donors (Lipinski definition) is 3. The van der Waals surface area contributed by atoms with Crippen LogP contribution in [-0.4, -0.2) is 43.0 Å². The van der Waals surface area contributed by atoms with E-state index < -0.39 is 5.97 Å². The van der Waals surface area contributed by atoms with Crippen LogP contribution in [0.3, 0.4) is 0 Å². The highest BCUT2D eigenvalue weighted by atomic mass is 16.4. The van der Waals surface area contributed by atoms with E-state index in [4.69, 9.17) is 5.11 Å². The minimum atomic E-state index is -0.841. The van der Waals surface area contributed by atoms with E-state index in [1.54, 1.807) is 14.0 Å². The highest BCUT2D eigenvalue weighted by Gasteiger charge is 2.09. The lowest BCUT2D eigenvalue weighted by atomic mass is 10.1. The number of ketones is 1. The Balaban J connectivity index is 3.37. The molecule has 0 bridgehead atoms. The molecule has 1 atom stereocenters. The van der Waals surface area contributed by atoms with Crippen molar-refractivity contribution in [2.24, 2.45) is 0 Å². The Hall–Kier alpha value is -0.940. The molecule has 0 spiro atoms. The average molecular weight is 216 g/mol. The van der Waals surface area contributed by atoms with Crippen LogP contribution in [0, 0.1) is 0 Å². The van der Waals surface area contributed by atoms with Crippen molar-refractivity contribution in [2.75, 3.05) is 20.1 Å². The number of hydrogen-bond acceptors (Lipinski definition) is 4. The predicted octanol–water partition coefficient (Wildman–Crippen LogP) is 0.00790. The number of rotatable bonds is 9. The molecule has 0 saturated carbocycles. The summed E-state index contributed by atoms with van der Waals surface area (Å²) in [6.45, 7) is 2.26. The first-order chi connectivity index (χ1) is 7.07. The summed E-state index contributed by atoms with van der Waals surface area (Å²) in [5.41, 5.74) is 0. The van der Waals surface area contributed by atoms with Gasteiger partial charge in [0.15, 0.2) is 0 Å². The van der Waals surface area contributed by atoms with Gasteiger partial charge in [-0.15, -0.1) is 0 Å². The van der Waals surface area contributed by atoms with E-state index in [2.05, 4.69) is 10.6 Å². The minimum Gasteiger partial charge on any atom is -0.480 e. The molecular weight excluding hydrogens is 196 g/mol. The number of nitrogens with one attached hydrogen (secondary N) is 2. The van der Waals surface area contributed by atoms with Gasteiger partial charge in [0.05, 0.1) is 12.6 Å². The summed E-state index contributed by atoms with van der Waals surface area (Å²) < 4.78 is 0. The van der Waals surface area contributed by atoms with Crippen LogP contribution >= 0.6 is 0 Å². The summed E-state index contributed by atoms with van der Waals surface area (Å²) in [7, 11) is 1.77. The van der Waals surface area contributed by atoms with Gasteiger partial charge in [0, 0.05) is 0 Å². The largest absolute Gasteiger partial charge is 0.480 e. The summed E-state index contributed by atoms with van der Waals surface area (Å²) >= 11 is 0. The monoisotopic (exact) mass is 216 g/mol. The summed E-state index contributed by atoms with van der Waals surface area (Å²) in [6, 6.07) is -0.0653. The van der Waals surface area contributed by atoms with E-state index in [0.29, 0.717) is 6.54 Å². The van der Waals surface area contributed by atoms with E-state index in [0.717, 1.165) is 19.3 Å². The number of carbonyl (C=O) groups excluding carboxylic acids is 1. The lowest BCUT2D eigenvalue weighted by Crippen LogP contribution is -2.32. The van der Waals surface area contributed by atoms with Crippen LogP contribution in [0.5, 0.6) is 0 Å². The maximum Gasteiger partial charge on any atom is 0.317 e. The first kappa shape index (κ1) is 14.1. The molecule has 0 rings (SSSR count). The molecule has 5 heteroatoms. The Kier molecular flexibility index (Phi) is 7.85. The van der Waals surface area contributed by atoms with E-state index >= 15 is 0 Å². The molecule has 0 aromatic carbocycles. The number of carbonyl (C=O) groups is 2. The molecule has 0 aliphatic heterocycles. The number of carboxylic acid groups (broad SMARTS) is 1. The third-order valence-electron chi connectivity index (χ3n) is 2.21. The van der Waals surface area contributed by atoms with Gasteiger partial charge >= 0.3 is 5.97 Å². The highest BCUT2D eigenvalue weighted by Crippen LogP contribution is 2.00. The maximum absolute atomic E-state index is 11.0. The first-order valence-corrected chi connectivity index (χ1v) is 5.18. The molecule has 0 aliphatic rings. The van der Waals surface area contributed by atoms with Crippen LogP contribution in [0.25, 0.3) is 0 Å². The molecule has 0 radical (unpaired) electrons. The highest BCUT2D eigenvalue weighted by molar-refractivity contribution is 5.81. The fourth-order valence-corrected chi connectivity index (χ4v) is 1.34. The van der Waals surface area contributed by atoms with Gasteiger partial charge in [-0.25, -0.2) is 0 Å². The Labute approximate surface area is 90.2 Å². The third kappa shape index (κ3) is 8.08. The molecule has 3 N–H and O–H groups in total. The van der Waals surface area contributed by atoms with Gasteiger partial charge in [-0.3, -0.25) is 9.59 Å². The van der Waals surface area contributed by atoms with E-state index in [1.165, 1.54) is 0 Å². The summed E-state index contributed by atoms with van der Waals surface area (Å²) in [6.07, 6.45) is 2.61. The zero-order valence-electron chi connectivity index (χ0n) is 9.38. The average Bonchev–Trinajstić information content (AvgIpc) is 2.15. The van der Waals surface area contributed by atoms with Gasteiger partial charge in [0.25, 0.3) is 0 Å². The number of aliphatic carboxylic acids is 1. The molecule has 0 aliphatic carbocycles. The number of carboxylic acids is 1. The van der Waals surface area contributed by atoms with Crippen molar-refractivity contribution in [1.29, 1.82) is 0 Å². The lowest BCUT2D eigenvalue weighted by molar-refractivity contribution is -0.136. The van der Waals surface area contributed by atoms with Crippen LogP contribution in [0.1, 0.15) is 26.2 Å². The van der Waals surface area contributed by atoms with Gasteiger partial charge in [-0.05, 0) is 33.4 Å². The van der Waals surface area contributed by atoms with Gasteiger partial charge in [0.2, 0.25) is 0 Å². The molecule has 15 heavy (non-hydrogen) atoms. The second kappa shape index (κ2) is 8.38. The van der Waals surface area contributed by atoms with Crippen LogP contribution in [0.4, 0.5) is 0 Å². The minimum absolute atomic E-state index is 0.00215. The Morgan fingerprint density at radius 1 is 1.33 bits per heavy atom. The molecule has 0 amide bonds. The topological polar surface area (TPSA) is 78.4 Å². The molecule has 0 fully saturated rings. The quantitative estimate of drug-likeness (QED) is 0.473. The van der Waals surface area contributed by atoms with Crippen LogP contribution < -0.4 is 10.6 Å². The lowest BCUT2D eigenvalue weighted by Gasteiger charge is -2.11. The smallest absolute Gasteiger partial charge is 0.317 e. The fraction of sp³-hybridized carbons (Fsp3) is 0.800. The molecule has 0 saturated heterocycles. The van der Waals surface area contributed by atoms with Gasteiger partial charge < -0.3 is 15.7 Å². The zero-order chi connectivity index (χ0) is 11.7. The van der Waals surface area contributed by atoms with Crippen molar-refractivity contribution in [2.45, 2.75) is 32.2 Å². The molecule has 0 aromatic heterocycles. The van der Waals surface area contributed by atoms with Gasteiger partial charge in [0.1, 0.15) is 5.78 Å². The molecule has 5 nitrogen and oxygen atoms in total. The van der Waals surface area contributed by atoms with Crippen LogP contribution in [0.2, 0.25) is 0 Å². The Bertz CT molecular complexity index is 207. The van der Waals surface area contributed by atoms with E-state index in [1.807, 2.05) is 0 Å². The van der Waals surface area contributed by atoms with Crippen LogP contribution in [-0.2, 0) is 9.59 Å². The second-order valence-corrected chi connectivity index (χ2v) is 3.52. The first-order valence-electron chi connectivity index (χ1n) is 5.18. The fourth-order valence-electron chi connectivity index (χ4n) is 1.34. The number of Topliss-reactive ketones (excluding diaryl/α,β-unsaturated/α-hetero) is 1. The van der Waals surface area contributed by atoms with E-state index in [-0.39, 0.29) is 18.4 Å². The standard InChI is InChI=1S/C10H20N2O3/c1-8(13)9(11-2)5-3-4-6-12-7-10(14)15/h9,11-12H,3-7H2,1-2H3,(H,14,15)/t9-/m0/s1. The van der Waals surface area contributed by atoms with Crippen molar-refractivity contribution in [3.63, 3.8) is 0 Å². The normalized spacial score (nSPS) is 12.4. The van der Waals surface area contributed by atoms with Crippen molar-refractivity contribution in [3.8, 4) is 0 Å². The second-order valence-electron chi connectivity index (χ2n) is 3.52. The molecular formula is C10H20N2O3. The zero-order valence-corrected chi connectivity index (χ0v) is 9.38. The molecule has 88 valence electrons. The van der Waals surface area contributed by atoms with Crippen LogP contribution in [0.15, 0.2) is 0 Å². The molecule has 0 unspecified atom stereocenters. The summed E-state index contributed by atoms with van der Waals surface area (Å²) in [4.78, 5) is 21.2. The maximum atomic E-state index is 11.0. The third-order valence-corrected chi connectivity index (χ3v) is 2.21. The van der Waals surface area contributed by atoms with Crippen molar-refractivity contribution < 1.29 is 14.7 Å². The van der Waals surface area contributed by atoms with Crippen molar-refractivity contribution in [3.05, 3.63) is 0 Å². The Morgan fingerprint density at radius 3 is 2.47 bits per heavy atom. The van der Waals surface area contributed by atoms with Crippen molar-refractivity contribution in [1.82, 2.24) is 10.6 Å². The molecule has 0 heterocycles.